The van der Waals surface area contributed by atoms with Gasteiger partial charge in [-0.25, -0.2) is 12.8 Å². The molecular weight excluding hydrogens is 393 g/mol. The number of anilines is 1. The first-order chi connectivity index (χ1) is 13.5. The number of halogens is 1. The predicted octanol–water partition coefficient (Wildman–Crippen LogP) is 5.05. The number of nitrogens with zero attached hydrogens (tertiary/aromatic N) is 1. The van der Waals surface area contributed by atoms with Gasteiger partial charge in [0.15, 0.2) is 0 Å². The molecule has 1 aliphatic heterocycles. The first-order valence-corrected chi connectivity index (χ1v) is 11.5. The maximum absolute atomic E-state index is 14.0. The smallest absolute Gasteiger partial charge is 0.262 e. The molecule has 0 N–H and O–H groups in total. The Labute approximate surface area is 169 Å². The van der Waals surface area contributed by atoms with Crippen LogP contribution in [0.2, 0.25) is 0 Å². The van der Waals surface area contributed by atoms with Crippen LogP contribution < -0.4 is 4.31 Å². The lowest BCUT2D eigenvalue weighted by Gasteiger charge is -2.27. The van der Waals surface area contributed by atoms with Crippen molar-refractivity contribution >= 4 is 27.5 Å². The number of hydrogen-bond donors (Lipinski definition) is 0. The molecule has 1 unspecified atom stereocenters. The molecule has 0 fully saturated rings. The van der Waals surface area contributed by atoms with E-state index in [2.05, 4.69) is 0 Å². The highest BCUT2D eigenvalue weighted by Crippen LogP contribution is 2.39. The summed E-state index contributed by atoms with van der Waals surface area (Å²) in [5.74, 6) is 0.191. The maximum atomic E-state index is 14.0. The Kier molecular flexibility index (Phi) is 5.17. The zero-order valence-electron chi connectivity index (χ0n) is 15.4. The van der Waals surface area contributed by atoms with E-state index in [9.17, 15) is 12.8 Å². The molecule has 0 bridgehead atoms. The van der Waals surface area contributed by atoms with Gasteiger partial charge in [-0.3, -0.25) is 4.31 Å². The van der Waals surface area contributed by atoms with E-state index in [4.69, 9.17) is 0 Å². The second-order valence-electron chi connectivity index (χ2n) is 6.84. The zero-order chi connectivity index (χ0) is 19.7. The molecule has 28 heavy (non-hydrogen) atoms. The molecule has 0 aromatic heterocycles. The standard InChI is InChI=1S/C22H20FNO2S2/c1-16-10-12-19(13-11-16)28(25,26)24-18(14-17-6-2-4-8-21(17)24)15-27-22-9-5-3-7-20(22)23/h2-13,18H,14-15H2,1H3. The summed E-state index contributed by atoms with van der Waals surface area (Å²) in [5, 5.41) is 0. The highest BCUT2D eigenvalue weighted by Gasteiger charge is 2.38. The van der Waals surface area contributed by atoms with Gasteiger partial charge < -0.3 is 0 Å². The molecular formula is C22H20FNO2S2. The molecule has 3 aromatic rings. The number of thioether (sulfide) groups is 1. The Morgan fingerprint density at radius 1 is 1.00 bits per heavy atom. The monoisotopic (exact) mass is 413 g/mol. The van der Waals surface area contributed by atoms with Crippen LogP contribution in [0.1, 0.15) is 11.1 Å². The molecule has 1 heterocycles. The topological polar surface area (TPSA) is 37.4 Å². The molecule has 3 nitrogen and oxygen atoms in total. The number of aryl methyl sites for hydroxylation is 1. The van der Waals surface area contributed by atoms with Crippen LogP contribution in [0.5, 0.6) is 0 Å². The van der Waals surface area contributed by atoms with Crippen molar-refractivity contribution < 1.29 is 12.8 Å². The van der Waals surface area contributed by atoms with Gasteiger partial charge in [0.25, 0.3) is 10.0 Å². The van der Waals surface area contributed by atoms with E-state index < -0.39 is 10.0 Å². The molecule has 144 valence electrons. The molecule has 0 aliphatic carbocycles. The summed E-state index contributed by atoms with van der Waals surface area (Å²) >= 11 is 1.35. The van der Waals surface area contributed by atoms with Crippen LogP contribution in [0.4, 0.5) is 10.1 Å². The first kappa shape index (κ1) is 19.0. The van der Waals surface area contributed by atoms with Gasteiger partial charge in [0.2, 0.25) is 0 Å². The average Bonchev–Trinajstić information content (AvgIpc) is 3.07. The van der Waals surface area contributed by atoms with Gasteiger partial charge in [-0.2, -0.15) is 0 Å². The van der Waals surface area contributed by atoms with E-state index in [1.807, 2.05) is 31.2 Å². The summed E-state index contributed by atoms with van der Waals surface area (Å²) in [4.78, 5) is 0.807. The first-order valence-electron chi connectivity index (χ1n) is 9.03. The van der Waals surface area contributed by atoms with Crippen LogP contribution in [0, 0.1) is 12.7 Å². The molecule has 6 heteroatoms. The van der Waals surface area contributed by atoms with Gasteiger partial charge in [0.05, 0.1) is 16.6 Å². The van der Waals surface area contributed by atoms with Crippen molar-refractivity contribution in [2.24, 2.45) is 0 Å². The fourth-order valence-corrected chi connectivity index (χ4v) is 6.26. The molecule has 0 saturated heterocycles. The lowest BCUT2D eigenvalue weighted by atomic mass is 10.1. The van der Waals surface area contributed by atoms with E-state index in [0.717, 1.165) is 11.1 Å². The Bertz CT molecular complexity index is 1100. The van der Waals surface area contributed by atoms with Crippen LogP contribution in [-0.4, -0.2) is 20.2 Å². The molecule has 3 aromatic carbocycles. The third kappa shape index (κ3) is 3.54. The van der Waals surface area contributed by atoms with Crippen molar-refractivity contribution in [1.29, 1.82) is 0 Å². The van der Waals surface area contributed by atoms with E-state index in [-0.39, 0.29) is 16.8 Å². The van der Waals surface area contributed by atoms with E-state index >= 15 is 0 Å². The summed E-state index contributed by atoms with van der Waals surface area (Å²) in [7, 11) is -3.71. The van der Waals surface area contributed by atoms with E-state index in [1.165, 1.54) is 22.1 Å². The van der Waals surface area contributed by atoms with Crippen LogP contribution in [0.3, 0.4) is 0 Å². The van der Waals surface area contributed by atoms with Gasteiger partial charge in [0, 0.05) is 10.6 Å². The summed E-state index contributed by atoms with van der Waals surface area (Å²) in [6.45, 7) is 1.93. The second-order valence-corrected chi connectivity index (χ2v) is 9.72. The number of sulfonamides is 1. The summed E-state index contributed by atoms with van der Waals surface area (Å²) in [6, 6.07) is 20.8. The molecule has 0 spiro atoms. The second kappa shape index (κ2) is 7.60. The zero-order valence-corrected chi connectivity index (χ0v) is 17.0. The number of rotatable bonds is 5. The summed E-state index contributed by atoms with van der Waals surface area (Å²) in [6.07, 6.45) is 0.614. The highest BCUT2D eigenvalue weighted by atomic mass is 32.2. The van der Waals surface area contributed by atoms with E-state index in [0.29, 0.717) is 22.8 Å². The Morgan fingerprint density at radius 2 is 1.68 bits per heavy atom. The Balaban J connectivity index is 1.68. The van der Waals surface area contributed by atoms with Crippen LogP contribution >= 0.6 is 11.8 Å². The summed E-state index contributed by atoms with van der Waals surface area (Å²) < 4.78 is 42.4. The molecule has 1 aliphatic rings. The normalized spacial score (nSPS) is 16.2. The molecule has 0 radical (unpaired) electrons. The van der Waals surface area contributed by atoms with Gasteiger partial charge in [-0.15, -0.1) is 11.8 Å². The summed E-state index contributed by atoms with van der Waals surface area (Å²) in [5.41, 5.74) is 2.71. The molecule has 0 saturated carbocycles. The van der Waals surface area contributed by atoms with E-state index in [1.54, 1.807) is 42.5 Å². The van der Waals surface area contributed by atoms with Crippen molar-refractivity contribution in [2.45, 2.75) is 29.2 Å². The number of para-hydroxylation sites is 1. The van der Waals surface area contributed by atoms with Crippen molar-refractivity contribution in [3.63, 3.8) is 0 Å². The SMILES string of the molecule is Cc1ccc(S(=O)(=O)N2c3ccccc3CC2CSc2ccccc2F)cc1. The van der Waals surface area contributed by atoms with Crippen molar-refractivity contribution in [1.82, 2.24) is 0 Å². The third-order valence-corrected chi connectivity index (χ3v) is 7.94. The molecule has 0 amide bonds. The lowest BCUT2D eigenvalue weighted by molar-refractivity contribution is 0.584. The lowest BCUT2D eigenvalue weighted by Crippen LogP contribution is -2.39. The number of fused-ring (bicyclic) bond motifs is 1. The fraction of sp³-hybridized carbons (Fsp3) is 0.182. The van der Waals surface area contributed by atoms with Crippen molar-refractivity contribution in [3.8, 4) is 0 Å². The van der Waals surface area contributed by atoms with Crippen LogP contribution in [0.15, 0.2) is 82.6 Å². The van der Waals surface area contributed by atoms with Crippen molar-refractivity contribution in [2.75, 3.05) is 10.1 Å². The Morgan fingerprint density at radius 3 is 2.43 bits per heavy atom. The van der Waals surface area contributed by atoms with Gasteiger partial charge in [-0.05, 0) is 49.2 Å². The van der Waals surface area contributed by atoms with Crippen molar-refractivity contribution in [3.05, 3.63) is 89.7 Å². The highest BCUT2D eigenvalue weighted by molar-refractivity contribution is 7.99. The minimum atomic E-state index is -3.71. The fourth-order valence-electron chi connectivity index (χ4n) is 3.46. The van der Waals surface area contributed by atoms with Gasteiger partial charge in [-0.1, -0.05) is 48.0 Å². The largest absolute Gasteiger partial charge is 0.264 e. The quantitative estimate of drug-likeness (QED) is 0.550. The molecule has 1 atom stereocenters. The Hall–Kier alpha value is -2.31. The predicted molar refractivity (Wildman–Crippen MR) is 112 cm³/mol. The number of benzene rings is 3. The van der Waals surface area contributed by atoms with Gasteiger partial charge >= 0.3 is 0 Å². The van der Waals surface area contributed by atoms with Crippen LogP contribution in [0.25, 0.3) is 0 Å². The number of hydrogen-bond acceptors (Lipinski definition) is 3. The maximum Gasteiger partial charge on any atom is 0.264 e. The third-order valence-electron chi connectivity index (χ3n) is 4.86. The average molecular weight is 414 g/mol. The minimum Gasteiger partial charge on any atom is -0.262 e. The molecule has 4 rings (SSSR count). The van der Waals surface area contributed by atoms with Gasteiger partial charge in [0.1, 0.15) is 5.82 Å². The van der Waals surface area contributed by atoms with Crippen LogP contribution in [-0.2, 0) is 16.4 Å². The minimum absolute atomic E-state index is 0.270.